The second kappa shape index (κ2) is 18.7. The van der Waals surface area contributed by atoms with Gasteiger partial charge in [0.05, 0.1) is 17.3 Å². The maximum absolute atomic E-state index is 11.9. The Bertz CT molecular complexity index is 1540. The minimum Gasteiger partial charge on any atom is -0.396 e. The maximum atomic E-state index is 11.9. The molecule has 6 fully saturated rings. The molecule has 0 amide bonds. The molecule has 7 heteroatoms. The van der Waals surface area contributed by atoms with Crippen LogP contribution in [0, 0.1) is 74.9 Å². The maximum Gasteiger partial charge on any atom is 0.0952 e. The van der Waals surface area contributed by atoms with Gasteiger partial charge in [-0.3, -0.25) is 0 Å². The lowest BCUT2D eigenvalue weighted by Crippen LogP contribution is -2.55. The first-order valence-corrected chi connectivity index (χ1v) is 23.3. The van der Waals surface area contributed by atoms with E-state index in [2.05, 4.69) is 46.8 Å². The lowest BCUT2D eigenvalue weighted by molar-refractivity contribution is -0.153. The Morgan fingerprint density at radius 1 is 0.483 bits per heavy atom. The lowest BCUT2D eigenvalue weighted by Gasteiger charge is -2.58. The predicted molar refractivity (Wildman–Crippen MR) is 243 cm³/mol. The van der Waals surface area contributed by atoms with Gasteiger partial charge in [-0.2, -0.15) is 0 Å². The largest absolute Gasteiger partial charge is 0.396 e. The third-order valence-electron chi connectivity index (χ3n) is 19.5. The average Bonchev–Trinajstić information content (AvgIpc) is 3.68. The summed E-state index contributed by atoms with van der Waals surface area (Å²) in [6, 6.07) is 20.3. The number of rotatable bonds is 8. The highest BCUT2D eigenvalue weighted by Crippen LogP contribution is 2.69. The molecule has 0 saturated heterocycles. The first-order valence-electron chi connectivity index (χ1n) is 23.3. The molecule has 7 nitrogen and oxygen atoms in total. The van der Waals surface area contributed by atoms with Gasteiger partial charge in [-0.15, -0.1) is 0 Å². The fourth-order valence-corrected chi connectivity index (χ4v) is 15.7. The summed E-state index contributed by atoms with van der Waals surface area (Å²) in [5.41, 5.74) is -0.0680. The summed E-state index contributed by atoms with van der Waals surface area (Å²) in [5, 5.41) is 75.3. The Balaban J connectivity index is 0.000000220. The number of hydrogen-bond donors (Lipinski definition) is 7. The molecule has 6 aliphatic rings. The first-order chi connectivity index (χ1) is 27.6. The summed E-state index contributed by atoms with van der Waals surface area (Å²) >= 11 is 0. The van der Waals surface area contributed by atoms with E-state index in [1.807, 2.05) is 48.5 Å². The molecule has 0 heterocycles. The third-order valence-corrected chi connectivity index (χ3v) is 19.5. The number of benzene rings is 2. The van der Waals surface area contributed by atoms with Crippen LogP contribution in [0.2, 0.25) is 0 Å². The summed E-state index contributed by atoms with van der Waals surface area (Å²) in [7, 11) is 0. The molecule has 0 aromatic heterocycles. The van der Waals surface area contributed by atoms with Crippen LogP contribution < -0.4 is 0 Å². The van der Waals surface area contributed by atoms with Gasteiger partial charge in [0.2, 0.25) is 0 Å². The highest BCUT2D eigenvalue weighted by molar-refractivity contribution is 5.30. The zero-order valence-corrected chi connectivity index (χ0v) is 36.4. The Morgan fingerprint density at radius 3 is 1.27 bits per heavy atom. The van der Waals surface area contributed by atoms with E-state index >= 15 is 0 Å². The van der Waals surface area contributed by atoms with Crippen molar-refractivity contribution in [3.8, 4) is 0 Å². The summed E-state index contributed by atoms with van der Waals surface area (Å²) in [5.74, 6) is 2.73. The van der Waals surface area contributed by atoms with E-state index in [1.54, 1.807) is 0 Å². The molecule has 0 spiro atoms. The van der Waals surface area contributed by atoms with Crippen molar-refractivity contribution in [3.63, 3.8) is 0 Å². The molecule has 6 aliphatic carbocycles. The van der Waals surface area contributed by atoms with Crippen LogP contribution >= 0.6 is 0 Å². The molecule has 0 aliphatic heterocycles. The first kappa shape index (κ1) is 49.2. The van der Waals surface area contributed by atoms with Gasteiger partial charge in [0, 0.05) is 37.3 Å². The Morgan fingerprint density at radius 2 is 0.867 bits per heavy atom. The van der Waals surface area contributed by atoms with Gasteiger partial charge >= 0.3 is 0 Å². The van der Waals surface area contributed by atoms with Crippen molar-refractivity contribution in [3.05, 3.63) is 71.8 Å². The fraction of sp³-hybridized carbons (Fsp3) is 0.774. The van der Waals surface area contributed by atoms with Crippen molar-refractivity contribution in [2.24, 2.45) is 74.9 Å². The molecule has 8 rings (SSSR count). The predicted octanol–water partition coefficient (Wildman–Crippen LogP) is 9.48. The van der Waals surface area contributed by atoms with E-state index in [1.165, 1.54) is 6.42 Å². The van der Waals surface area contributed by atoms with Crippen LogP contribution in [0.4, 0.5) is 0 Å². The fourth-order valence-electron chi connectivity index (χ4n) is 15.7. The van der Waals surface area contributed by atoms with E-state index in [9.17, 15) is 35.7 Å². The minimum atomic E-state index is -0.850. The van der Waals surface area contributed by atoms with Gasteiger partial charge in [0.15, 0.2) is 0 Å². The monoisotopic (exact) mass is 835 g/mol. The molecular formula is C53H86O7. The highest BCUT2D eigenvalue weighted by Gasteiger charge is 2.65. The van der Waals surface area contributed by atoms with Gasteiger partial charge in [0.25, 0.3) is 0 Å². The van der Waals surface area contributed by atoms with Crippen LogP contribution in [0.15, 0.2) is 60.7 Å². The molecule has 0 bridgehead atoms. The minimum absolute atomic E-state index is 0. The number of fused-ring (bicyclic) bond motifs is 2. The van der Waals surface area contributed by atoms with Crippen molar-refractivity contribution in [2.75, 3.05) is 26.4 Å². The summed E-state index contributed by atoms with van der Waals surface area (Å²) in [6.45, 7) is 12.1. The van der Waals surface area contributed by atoms with E-state index in [0.717, 1.165) is 88.2 Å². The van der Waals surface area contributed by atoms with Crippen LogP contribution in [0.3, 0.4) is 0 Å². The Kier molecular flexibility index (Phi) is 15.3. The summed E-state index contributed by atoms with van der Waals surface area (Å²) in [6.07, 6.45) is 12.8. The van der Waals surface area contributed by atoms with Crippen molar-refractivity contribution in [2.45, 2.75) is 157 Å². The van der Waals surface area contributed by atoms with Crippen LogP contribution in [-0.2, 0) is 11.2 Å². The number of aliphatic hydroxyl groups excluding tert-OH is 5. The molecule has 2 aromatic rings. The van der Waals surface area contributed by atoms with Gasteiger partial charge in [-0.25, -0.2) is 0 Å². The molecule has 2 aromatic carbocycles. The van der Waals surface area contributed by atoms with E-state index in [4.69, 9.17) is 0 Å². The van der Waals surface area contributed by atoms with Crippen LogP contribution in [0.5, 0.6) is 0 Å². The molecule has 16 atom stereocenters. The molecule has 6 saturated carbocycles. The van der Waals surface area contributed by atoms with Crippen LogP contribution in [-0.4, -0.2) is 68.3 Å². The number of aliphatic hydroxyl groups is 7. The SMILES string of the molecule is C.C.C[C@H]1CC[C@](C)([C@H]2CC[C@@]3(C)[C@@H](CC[C@@]3(O)c3ccccc3)[C@@H]2CO)[C@@H](CO)C1.C[C@]1([C@H]2CC[C@@]3(C)[C@@H](CC[C@@]3(O)c3ccccc3)[C@@H]2CO)CC[C@H](O)C[C@@H]1CO. The Hall–Kier alpha value is -1.84. The molecule has 60 heavy (non-hydrogen) atoms. The second-order valence-electron chi connectivity index (χ2n) is 21.6. The summed E-state index contributed by atoms with van der Waals surface area (Å²) < 4.78 is 0. The van der Waals surface area contributed by atoms with Gasteiger partial charge in [-0.05, 0) is 159 Å². The topological polar surface area (TPSA) is 142 Å². The highest BCUT2D eigenvalue weighted by atomic mass is 16.3. The smallest absolute Gasteiger partial charge is 0.0952 e. The van der Waals surface area contributed by atoms with Crippen molar-refractivity contribution >= 4 is 0 Å². The van der Waals surface area contributed by atoms with Crippen LogP contribution in [0.1, 0.15) is 150 Å². The molecular weight excluding hydrogens is 749 g/mol. The standard InChI is InChI=1S/C26H40O3.C25H38O4.2CH4/c1-18-9-12-24(2,20(15-18)16-27)22-10-13-25(3)23(21(22)17-28)11-14-26(25,29)19-7-5-4-6-8-19;1-23(11-8-19(28)14-18(23)15-26)21-9-12-24(2)22(20(21)16-27)10-13-25(24,29)17-6-4-3-5-7-17;;/h4-8,18,20-23,27-29H,9-17H2,1-3H3;3-7,18-22,26-29H,8-16H2,1-2H3;2*1H4/t18-,20+,21+,22-,23-,24-,25-,26+;18-,19+,20-,21+,22+,23+,24+,25-;;/m01../s1. The van der Waals surface area contributed by atoms with E-state index in [-0.39, 0.29) is 92.7 Å². The van der Waals surface area contributed by atoms with Gasteiger partial charge in [0.1, 0.15) is 0 Å². The van der Waals surface area contributed by atoms with E-state index < -0.39 is 11.2 Å². The number of hydrogen-bond acceptors (Lipinski definition) is 7. The third kappa shape index (κ3) is 7.78. The van der Waals surface area contributed by atoms with Crippen molar-refractivity contribution in [1.82, 2.24) is 0 Å². The van der Waals surface area contributed by atoms with Crippen molar-refractivity contribution < 1.29 is 35.7 Å². The van der Waals surface area contributed by atoms with Crippen LogP contribution in [0.25, 0.3) is 0 Å². The lowest BCUT2D eigenvalue weighted by atomic mass is 9.48. The molecule has 0 unspecified atom stereocenters. The summed E-state index contributed by atoms with van der Waals surface area (Å²) in [4.78, 5) is 0. The zero-order valence-electron chi connectivity index (χ0n) is 36.4. The second-order valence-corrected chi connectivity index (χ2v) is 21.6. The molecule has 340 valence electrons. The molecule has 7 N–H and O–H groups in total. The van der Waals surface area contributed by atoms with E-state index in [0.29, 0.717) is 36.0 Å². The molecule has 0 radical (unpaired) electrons. The zero-order chi connectivity index (χ0) is 41.7. The van der Waals surface area contributed by atoms with Gasteiger partial charge < -0.3 is 35.7 Å². The Labute approximate surface area is 364 Å². The van der Waals surface area contributed by atoms with Crippen molar-refractivity contribution in [1.29, 1.82) is 0 Å². The average molecular weight is 835 g/mol. The quantitative estimate of drug-likeness (QED) is 0.141. The van der Waals surface area contributed by atoms with Gasteiger partial charge in [-0.1, -0.05) is 117 Å². The normalized spacial score (nSPS) is 46.1.